The van der Waals surface area contributed by atoms with E-state index in [9.17, 15) is 0 Å². The number of hydrogen-bond acceptors (Lipinski definition) is 4. The van der Waals surface area contributed by atoms with Crippen molar-refractivity contribution in [2.24, 2.45) is 0 Å². The summed E-state index contributed by atoms with van der Waals surface area (Å²) in [6.07, 6.45) is 4.54. The zero-order chi connectivity index (χ0) is 12.6. The van der Waals surface area contributed by atoms with E-state index in [0.717, 1.165) is 32.1 Å². The molecule has 100 valence electrons. The van der Waals surface area contributed by atoms with Crippen molar-refractivity contribution in [3.8, 4) is 5.88 Å². The van der Waals surface area contributed by atoms with Gasteiger partial charge in [0.1, 0.15) is 6.61 Å². The highest BCUT2D eigenvalue weighted by Crippen LogP contribution is 2.09. The zero-order valence-electron chi connectivity index (χ0n) is 11.2. The second-order valence-corrected chi connectivity index (χ2v) is 4.68. The van der Waals surface area contributed by atoms with Crippen LogP contribution < -0.4 is 10.1 Å². The van der Waals surface area contributed by atoms with Crippen LogP contribution in [0.3, 0.4) is 0 Å². The van der Waals surface area contributed by atoms with Crippen LogP contribution >= 0.6 is 0 Å². The van der Waals surface area contributed by atoms with Crippen LogP contribution in [-0.2, 0) is 6.54 Å². The van der Waals surface area contributed by atoms with E-state index < -0.39 is 0 Å². The molecular weight excluding hydrogens is 226 g/mol. The molecular formula is C14H23N3O. The molecule has 1 N–H and O–H groups in total. The van der Waals surface area contributed by atoms with Gasteiger partial charge in [-0.05, 0) is 38.0 Å². The summed E-state index contributed by atoms with van der Waals surface area (Å²) in [6, 6.07) is 4.03. The van der Waals surface area contributed by atoms with E-state index in [0.29, 0.717) is 0 Å². The molecule has 4 heteroatoms. The molecule has 1 aromatic rings. The molecule has 18 heavy (non-hydrogen) atoms. The molecule has 1 aliphatic heterocycles. The van der Waals surface area contributed by atoms with E-state index in [2.05, 4.69) is 28.2 Å². The lowest BCUT2D eigenvalue weighted by atomic mass is 10.3. The summed E-state index contributed by atoms with van der Waals surface area (Å²) >= 11 is 0. The Balaban J connectivity index is 1.68. The third-order valence-electron chi connectivity index (χ3n) is 3.23. The molecule has 1 aromatic heterocycles. The summed E-state index contributed by atoms with van der Waals surface area (Å²) in [5.41, 5.74) is 1.20. The predicted molar refractivity (Wildman–Crippen MR) is 72.8 cm³/mol. The van der Waals surface area contributed by atoms with Crippen molar-refractivity contribution in [3.63, 3.8) is 0 Å². The van der Waals surface area contributed by atoms with Crippen LogP contribution in [0.4, 0.5) is 0 Å². The SMILES string of the molecule is CCNCc1ccc(OCCN2CCCC2)nc1. The van der Waals surface area contributed by atoms with E-state index in [1.54, 1.807) is 0 Å². The van der Waals surface area contributed by atoms with Crippen molar-refractivity contribution in [2.45, 2.75) is 26.3 Å². The standard InChI is InChI=1S/C14H23N3O/c1-2-15-11-13-5-6-14(16-12-13)18-10-9-17-7-3-4-8-17/h5-6,12,15H,2-4,7-11H2,1H3. The monoisotopic (exact) mass is 249 g/mol. The zero-order valence-corrected chi connectivity index (χ0v) is 11.2. The van der Waals surface area contributed by atoms with Crippen molar-refractivity contribution in [3.05, 3.63) is 23.9 Å². The number of hydrogen-bond donors (Lipinski definition) is 1. The van der Waals surface area contributed by atoms with Gasteiger partial charge in [-0.25, -0.2) is 4.98 Å². The number of likely N-dealkylation sites (tertiary alicyclic amines) is 1. The Bertz CT molecular complexity index is 333. The Labute approximate surface area is 109 Å². The van der Waals surface area contributed by atoms with E-state index in [4.69, 9.17) is 4.74 Å². The maximum absolute atomic E-state index is 5.65. The Hall–Kier alpha value is -1.13. The Morgan fingerprint density at radius 2 is 2.17 bits per heavy atom. The normalized spacial score (nSPS) is 16.1. The van der Waals surface area contributed by atoms with Gasteiger partial charge in [0.2, 0.25) is 5.88 Å². The van der Waals surface area contributed by atoms with Gasteiger partial charge in [0.05, 0.1) is 0 Å². The van der Waals surface area contributed by atoms with Crippen LogP contribution in [0.1, 0.15) is 25.3 Å². The molecule has 1 saturated heterocycles. The summed E-state index contributed by atoms with van der Waals surface area (Å²) in [7, 11) is 0. The summed E-state index contributed by atoms with van der Waals surface area (Å²) in [4.78, 5) is 6.76. The maximum atomic E-state index is 5.65. The van der Waals surface area contributed by atoms with Crippen molar-refractivity contribution in [1.82, 2.24) is 15.2 Å². The highest BCUT2D eigenvalue weighted by Gasteiger charge is 2.10. The van der Waals surface area contributed by atoms with E-state index in [1.165, 1.54) is 31.5 Å². The van der Waals surface area contributed by atoms with Gasteiger partial charge < -0.3 is 10.1 Å². The fourth-order valence-electron chi connectivity index (χ4n) is 2.16. The number of ether oxygens (including phenoxy) is 1. The van der Waals surface area contributed by atoms with Crippen LogP contribution in [0.5, 0.6) is 5.88 Å². The first kappa shape index (κ1) is 13.3. The van der Waals surface area contributed by atoms with Crippen LogP contribution in [0.2, 0.25) is 0 Å². The smallest absolute Gasteiger partial charge is 0.213 e. The molecule has 1 fully saturated rings. The van der Waals surface area contributed by atoms with Gasteiger partial charge in [0.15, 0.2) is 0 Å². The molecule has 0 bridgehead atoms. The Morgan fingerprint density at radius 3 is 2.83 bits per heavy atom. The van der Waals surface area contributed by atoms with Crippen molar-refractivity contribution >= 4 is 0 Å². The van der Waals surface area contributed by atoms with Crippen molar-refractivity contribution < 1.29 is 4.74 Å². The first-order valence-electron chi connectivity index (χ1n) is 6.89. The fraction of sp³-hybridized carbons (Fsp3) is 0.643. The van der Waals surface area contributed by atoms with Crippen molar-refractivity contribution in [2.75, 3.05) is 32.8 Å². The minimum atomic E-state index is 0.731. The van der Waals surface area contributed by atoms with Gasteiger partial charge in [-0.3, -0.25) is 4.90 Å². The molecule has 4 nitrogen and oxygen atoms in total. The summed E-state index contributed by atoms with van der Waals surface area (Å²) in [5, 5.41) is 3.28. The average molecular weight is 249 g/mol. The Kier molecular flexibility index (Phi) is 5.42. The number of aromatic nitrogens is 1. The highest BCUT2D eigenvalue weighted by atomic mass is 16.5. The summed E-state index contributed by atoms with van der Waals surface area (Å²) < 4.78 is 5.65. The highest BCUT2D eigenvalue weighted by molar-refractivity contribution is 5.17. The van der Waals surface area contributed by atoms with Crippen LogP contribution in [0, 0.1) is 0 Å². The van der Waals surface area contributed by atoms with Gasteiger partial charge in [-0.2, -0.15) is 0 Å². The summed E-state index contributed by atoms with van der Waals surface area (Å²) in [6.45, 7) is 8.14. The average Bonchev–Trinajstić information content (AvgIpc) is 2.91. The second kappa shape index (κ2) is 7.34. The van der Waals surface area contributed by atoms with Gasteiger partial charge in [0.25, 0.3) is 0 Å². The van der Waals surface area contributed by atoms with Gasteiger partial charge in [-0.15, -0.1) is 0 Å². The van der Waals surface area contributed by atoms with Gasteiger partial charge in [0, 0.05) is 25.4 Å². The van der Waals surface area contributed by atoms with Crippen LogP contribution in [-0.4, -0.2) is 42.7 Å². The molecule has 2 rings (SSSR count). The second-order valence-electron chi connectivity index (χ2n) is 4.68. The molecule has 0 saturated carbocycles. The lowest BCUT2D eigenvalue weighted by molar-refractivity contribution is 0.232. The van der Waals surface area contributed by atoms with Crippen LogP contribution in [0.25, 0.3) is 0 Å². The minimum Gasteiger partial charge on any atom is -0.476 e. The van der Waals surface area contributed by atoms with E-state index in [-0.39, 0.29) is 0 Å². The molecule has 0 amide bonds. The van der Waals surface area contributed by atoms with Gasteiger partial charge >= 0.3 is 0 Å². The number of nitrogens with zero attached hydrogens (tertiary/aromatic N) is 2. The molecule has 2 heterocycles. The third kappa shape index (κ3) is 4.27. The molecule has 0 aromatic carbocycles. The summed E-state index contributed by atoms with van der Waals surface area (Å²) in [5.74, 6) is 0.731. The molecule has 1 aliphatic rings. The predicted octanol–water partition coefficient (Wildman–Crippen LogP) is 1.67. The maximum Gasteiger partial charge on any atom is 0.213 e. The first-order chi connectivity index (χ1) is 8.88. The lowest BCUT2D eigenvalue weighted by Gasteiger charge is -2.14. The molecule has 0 radical (unpaired) electrons. The number of rotatable bonds is 7. The largest absolute Gasteiger partial charge is 0.476 e. The molecule has 0 atom stereocenters. The number of nitrogens with one attached hydrogen (secondary N) is 1. The Morgan fingerprint density at radius 1 is 1.33 bits per heavy atom. The fourth-order valence-corrected chi connectivity index (χ4v) is 2.16. The third-order valence-corrected chi connectivity index (χ3v) is 3.23. The van der Waals surface area contributed by atoms with E-state index in [1.807, 2.05) is 12.3 Å². The number of pyridine rings is 1. The molecule has 0 aliphatic carbocycles. The molecule has 0 spiro atoms. The van der Waals surface area contributed by atoms with Crippen molar-refractivity contribution in [1.29, 1.82) is 0 Å². The first-order valence-corrected chi connectivity index (χ1v) is 6.89. The minimum absolute atomic E-state index is 0.731. The van der Waals surface area contributed by atoms with Gasteiger partial charge in [-0.1, -0.05) is 13.0 Å². The van der Waals surface area contributed by atoms with E-state index >= 15 is 0 Å². The van der Waals surface area contributed by atoms with Crippen LogP contribution in [0.15, 0.2) is 18.3 Å². The quantitative estimate of drug-likeness (QED) is 0.797. The lowest BCUT2D eigenvalue weighted by Crippen LogP contribution is -2.25. The molecule has 0 unspecified atom stereocenters. The topological polar surface area (TPSA) is 37.4 Å².